The van der Waals surface area contributed by atoms with E-state index >= 15 is 0 Å². The smallest absolute Gasteiger partial charge is 0.0294 e. The van der Waals surface area contributed by atoms with Crippen LogP contribution in [0.3, 0.4) is 0 Å². The van der Waals surface area contributed by atoms with E-state index in [9.17, 15) is 0 Å². The van der Waals surface area contributed by atoms with Crippen molar-refractivity contribution >= 4 is 0 Å². The van der Waals surface area contributed by atoms with Crippen LogP contribution in [0.1, 0.15) is 49.8 Å². The summed E-state index contributed by atoms with van der Waals surface area (Å²) >= 11 is 0. The van der Waals surface area contributed by atoms with Crippen LogP contribution in [0.2, 0.25) is 0 Å². The molecule has 0 bridgehead atoms. The minimum Gasteiger partial charge on any atom is -0.307 e. The summed E-state index contributed by atoms with van der Waals surface area (Å²) in [5, 5.41) is 3.72. The molecule has 0 heterocycles. The van der Waals surface area contributed by atoms with E-state index in [1.54, 1.807) is 0 Å². The SMILES string of the molecule is Cc1cccc(C(C)NC2CCCC2)c1. The first-order valence-corrected chi connectivity index (χ1v) is 6.08. The van der Waals surface area contributed by atoms with Crippen LogP contribution in [0.15, 0.2) is 24.3 Å². The van der Waals surface area contributed by atoms with Crippen molar-refractivity contribution in [2.75, 3.05) is 0 Å². The Morgan fingerprint density at radius 3 is 2.67 bits per heavy atom. The van der Waals surface area contributed by atoms with Gasteiger partial charge in [-0.1, -0.05) is 42.7 Å². The summed E-state index contributed by atoms with van der Waals surface area (Å²) in [6, 6.07) is 10.1. The minimum absolute atomic E-state index is 0.494. The van der Waals surface area contributed by atoms with E-state index < -0.39 is 0 Å². The molecule has 0 radical (unpaired) electrons. The average Bonchev–Trinajstić information content (AvgIpc) is 2.70. The summed E-state index contributed by atoms with van der Waals surface area (Å²) in [4.78, 5) is 0. The van der Waals surface area contributed by atoms with E-state index in [1.807, 2.05) is 0 Å². The molecule has 1 heteroatoms. The first-order valence-electron chi connectivity index (χ1n) is 6.08. The standard InChI is InChI=1S/C14H21N/c1-11-6-5-7-13(10-11)12(2)15-14-8-3-4-9-14/h5-7,10,12,14-15H,3-4,8-9H2,1-2H3. The van der Waals surface area contributed by atoms with Gasteiger partial charge in [-0.3, -0.25) is 0 Å². The van der Waals surface area contributed by atoms with Crippen LogP contribution in [0.25, 0.3) is 0 Å². The number of aryl methyl sites for hydroxylation is 1. The molecule has 1 unspecified atom stereocenters. The number of rotatable bonds is 3. The summed E-state index contributed by atoms with van der Waals surface area (Å²) in [5.41, 5.74) is 2.77. The molecule has 1 fully saturated rings. The van der Waals surface area contributed by atoms with Crippen LogP contribution >= 0.6 is 0 Å². The zero-order valence-electron chi connectivity index (χ0n) is 9.79. The number of benzene rings is 1. The first kappa shape index (κ1) is 10.7. The predicted octanol–water partition coefficient (Wildman–Crippen LogP) is 3.59. The Labute approximate surface area is 92.9 Å². The van der Waals surface area contributed by atoms with Crippen LogP contribution < -0.4 is 5.32 Å². The maximum atomic E-state index is 3.72. The van der Waals surface area contributed by atoms with Gasteiger partial charge in [-0.15, -0.1) is 0 Å². The number of nitrogens with one attached hydrogen (secondary N) is 1. The summed E-state index contributed by atoms with van der Waals surface area (Å²) in [6.45, 7) is 4.43. The van der Waals surface area contributed by atoms with Crippen molar-refractivity contribution in [3.63, 3.8) is 0 Å². The van der Waals surface area contributed by atoms with Gasteiger partial charge in [0, 0.05) is 12.1 Å². The van der Waals surface area contributed by atoms with Gasteiger partial charge in [0.25, 0.3) is 0 Å². The highest BCUT2D eigenvalue weighted by molar-refractivity contribution is 5.24. The van der Waals surface area contributed by atoms with Gasteiger partial charge in [0.15, 0.2) is 0 Å². The Balaban J connectivity index is 1.97. The average molecular weight is 203 g/mol. The molecule has 1 aliphatic rings. The molecule has 15 heavy (non-hydrogen) atoms. The highest BCUT2D eigenvalue weighted by Gasteiger charge is 2.17. The van der Waals surface area contributed by atoms with Gasteiger partial charge < -0.3 is 5.32 Å². The molecule has 1 atom stereocenters. The Hall–Kier alpha value is -0.820. The Bertz CT molecular complexity index is 313. The van der Waals surface area contributed by atoms with Gasteiger partial charge in [0.2, 0.25) is 0 Å². The summed E-state index contributed by atoms with van der Waals surface area (Å²) in [7, 11) is 0. The second-order valence-corrected chi connectivity index (χ2v) is 4.78. The minimum atomic E-state index is 0.494. The van der Waals surface area contributed by atoms with Crippen LogP contribution in [-0.4, -0.2) is 6.04 Å². The van der Waals surface area contributed by atoms with Crippen molar-refractivity contribution in [1.29, 1.82) is 0 Å². The summed E-state index contributed by atoms with van der Waals surface area (Å²) < 4.78 is 0. The quantitative estimate of drug-likeness (QED) is 0.791. The van der Waals surface area contributed by atoms with Gasteiger partial charge in [0.05, 0.1) is 0 Å². The monoisotopic (exact) mass is 203 g/mol. The van der Waals surface area contributed by atoms with Crippen LogP contribution in [0, 0.1) is 6.92 Å². The van der Waals surface area contributed by atoms with Crippen LogP contribution in [0.5, 0.6) is 0 Å². The molecular formula is C14H21N. The van der Waals surface area contributed by atoms with Crippen molar-refractivity contribution in [1.82, 2.24) is 5.32 Å². The first-order chi connectivity index (χ1) is 7.25. The van der Waals surface area contributed by atoms with E-state index in [2.05, 4.69) is 43.4 Å². The highest BCUT2D eigenvalue weighted by Crippen LogP contribution is 2.22. The lowest BCUT2D eigenvalue weighted by molar-refractivity contribution is 0.461. The molecule has 1 nitrogen and oxygen atoms in total. The maximum Gasteiger partial charge on any atom is 0.0294 e. The maximum absolute atomic E-state index is 3.72. The molecule has 1 N–H and O–H groups in total. The van der Waals surface area contributed by atoms with Crippen molar-refractivity contribution in [2.24, 2.45) is 0 Å². The fourth-order valence-electron chi connectivity index (χ4n) is 2.48. The van der Waals surface area contributed by atoms with Crippen LogP contribution in [0.4, 0.5) is 0 Å². The molecule has 1 aromatic rings. The van der Waals surface area contributed by atoms with E-state index in [4.69, 9.17) is 0 Å². The largest absolute Gasteiger partial charge is 0.307 e. The molecule has 0 spiro atoms. The summed E-state index contributed by atoms with van der Waals surface area (Å²) in [5.74, 6) is 0. The fraction of sp³-hybridized carbons (Fsp3) is 0.571. The van der Waals surface area contributed by atoms with Gasteiger partial charge in [-0.05, 0) is 32.3 Å². The number of hydrogen-bond acceptors (Lipinski definition) is 1. The second kappa shape index (κ2) is 4.80. The normalized spacial score (nSPS) is 19.3. The van der Waals surface area contributed by atoms with Crippen molar-refractivity contribution in [2.45, 2.75) is 51.6 Å². The van der Waals surface area contributed by atoms with Gasteiger partial charge in [-0.25, -0.2) is 0 Å². The Kier molecular flexibility index (Phi) is 3.42. The lowest BCUT2D eigenvalue weighted by Gasteiger charge is -2.19. The molecule has 2 rings (SSSR count). The third kappa shape index (κ3) is 2.82. The van der Waals surface area contributed by atoms with Gasteiger partial charge in [0.1, 0.15) is 0 Å². The summed E-state index contributed by atoms with van der Waals surface area (Å²) in [6.07, 6.45) is 5.52. The van der Waals surface area contributed by atoms with E-state index in [0.717, 1.165) is 6.04 Å². The topological polar surface area (TPSA) is 12.0 Å². The van der Waals surface area contributed by atoms with Crippen LogP contribution in [-0.2, 0) is 0 Å². The molecule has 1 saturated carbocycles. The van der Waals surface area contributed by atoms with E-state index in [0.29, 0.717) is 6.04 Å². The molecule has 0 aromatic heterocycles. The van der Waals surface area contributed by atoms with E-state index in [1.165, 1.54) is 36.8 Å². The third-order valence-corrected chi connectivity index (χ3v) is 3.38. The molecular weight excluding hydrogens is 182 g/mol. The van der Waals surface area contributed by atoms with Gasteiger partial charge >= 0.3 is 0 Å². The van der Waals surface area contributed by atoms with Gasteiger partial charge in [-0.2, -0.15) is 0 Å². The number of hydrogen-bond donors (Lipinski definition) is 1. The molecule has 1 aliphatic carbocycles. The van der Waals surface area contributed by atoms with Crippen molar-refractivity contribution in [3.05, 3.63) is 35.4 Å². The predicted molar refractivity (Wildman–Crippen MR) is 65.0 cm³/mol. The lowest BCUT2D eigenvalue weighted by Crippen LogP contribution is -2.28. The molecule has 82 valence electrons. The zero-order chi connectivity index (χ0) is 10.7. The second-order valence-electron chi connectivity index (χ2n) is 4.78. The molecule has 0 saturated heterocycles. The Morgan fingerprint density at radius 1 is 1.27 bits per heavy atom. The highest BCUT2D eigenvalue weighted by atomic mass is 14.9. The van der Waals surface area contributed by atoms with E-state index in [-0.39, 0.29) is 0 Å². The lowest BCUT2D eigenvalue weighted by atomic mass is 10.0. The van der Waals surface area contributed by atoms with Crippen molar-refractivity contribution < 1.29 is 0 Å². The Morgan fingerprint density at radius 2 is 2.00 bits per heavy atom. The molecule has 0 amide bonds. The zero-order valence-corrected chi connectivity index (χ0v) is 9.79. The molecule has 0 aliphatic heterocycles. The third-order valence-electron chi connectivity index (χ3n) is 3.38. The fourth-order valence-corrected chi connectivity index (χ4v) is 2.48. The van der Waals surface area contributed by atoms with Crippen molar-refractivity contribution in [3.8, 4) is 0 Å². The molecule has 1 aromatic carbocycles.